The predicted molar refractivity (Wildman–Crippen MR) is 72.0 cm³/mol. The third kappa shape index (κ3) is 2.74. The van der Waals surface area contributed by atoms with Crippen LogP contribution in [-0.2, 0) is 6.54 Å². The van der Waals surface area contributed by atoms with E-state index in [1.807, 2.05) is 12.3 Å². The number of hydrogen-bond donors (Lipinski definition) is 1. The molecule has 0 aliphatic rings. The number of halogens is 1. The van der Waals surface area contributed by atoms with Crippen molar-refractivity contribution in [1.82, 2.24) is 9.55 Å². The third-order valence-electron chi connectivity index (χ3n) is 2.07. The van der Waals surface area contributed by atoms with E-state index in [0.29, 0.717) is 0 Å². The maximum absolute atomic E-state index is 4.25. The molecule has 0 aliphatic heterocycles. The molecule has 5 heteroatoms. The van der Waals surface area contributed by atoms with Gasteiger partial charge in [-0.3, -0.25) is 0 Å². The van der Waals surface area contributed by atoms with E-state index in [2.05, 4.69) is 48.8 Å². The molecule has 1 N–H and O–H groups in total. The quantitative estimate of drug-likeness (QED) is 0.858. The van der Waals surface area contributed by atoms with Gasteiger partial charge in [-0.25, -0.2) is 4.98 Å². The van der Waals surface area contributed by atoms with Gasteiger partial charge < -0.3 is 9.88 Å². The first-order chi connectivity index (χ1) is 7.79. The van der Waals surface area contributed by atoms with E-state index in [9.17, 15) is 0 Å². The van der Waals surface area contributed by atoms with Crippen molar-refractivity contribution in [3.8, 4) is 0 Å². The zero-order chi connectivity index (χ0) is 11.4. The summed E-state index contributed by atoms with van der Waals surface area (Å²) in [6, 6.07) is 2.13. The predicted octanol–water partition coefficient (Wildman–Crippen LogP) is 3.35. The van der Waals surface area contributed by atoms with Crippen LogP contribution in [0.25, 0.3) is 0 Å². The monoisotopic (exact) mass is 297 g/mol. The van der Waals surface area contributed by atoms with Crippen molar-refractivity contribution in [2.45, 2.75) is 6.54 Å². The minimum absolute atomic E-state index is 0.727. The second-order valence-corrected chi connectivity index (χ2v) is 5.19. The minimum atomic E-state index is 0.727. The van der Waals surface area contributed by atoms with Crippen molar-refractivity contribution in [2.75, 3.05) is 11.9 Å². The van der Waals surface area contributed by atoms with E-state index in [-0.39, 0.29) is 0 Å². The molecule has 0 fully saturated rings. The van der Waals surface area contributed by atoms with E-state index >= 15 is 0 Å². The van der Waals surface area contributed by atoms with Crippen LogP contribution in [0, 0.1) is 0 Å². The smallest absolute Gasteiger partial charge is 0.203 e. The number of rotatable bonds is 5. The minimum Gasteiger partial charge on any atom is -0.352 e. The summed E-state index contributed by atoms with van der Waals surface area (Å²) in [7, 11) is 0. The van der Waals surface area contributed by atoms with Gasteiger partial charge in [-0.15, -0.1) is 17.9 Å². The largest absolute Gasteiger partial charge is 0.352 e. The van der Waals surface area contributed by atoms with E-state index in [4.69, 9.17) is 0 Å². The average molecular weight is 298 g/mol. The topological polar surface area (TPSA) is 29.9 Å². The summed E-state index contributed by atoms with van der Waals surface area (Å²) < 4.78 is 3.22. The average Bonchev–Trinajstić information content (AvgIpc) is 2.86. The van der Waals surface area contributed by atoms with Crippen LogP contribution in [-0.4, -0.2) is 16.1 Å². The first kappa shape index (κ1) is 11.4. The molecule has 0 atom stereocenters. The molecule has 0 radical (unpaired) electrons. The summed E-state index contributed by atoms with van der Waals surface area (Å²) >= 11 is 5.19. The summed E-state index contributed by atoms with van der Waals surface area (Å²) in [5.74, 6) is 0.879. The van der Waals surface area contributed by atoms with Crippen LogP contribution in [0.2, 0.25) is 0 Å². The molecule has 2 aromatic heterocycles. The maximum Gasteiger partial charge on any atom is 0.203 e. The highest BCUT2D eigenvalue weighted by Crippen LogP contribution is 2.21. The van der Waals surface area contributed by atoms with Crippen molar-refractivity contribution < 1.29 is 0 Å². The highest BCUT2D eigenvalue weighted by Gasteiger charge is 2.03. The maximum atomic E-state index is 4.25. The summed E-state index contributed by atoms with van der Waals surface area (Å²) in [5, 5.41) is 5.28. The Morgan fingerprint density at radius 1 is 1.62 bits per heavy atom. The van der Waals surface area contributed by atoms with Crippen LogP contribution in [0.15, 0.2) is 41.0 Å². The van der Waals surface area contributed by atoms with Gasteiger partial charge in [-0.1, -0.05) is 6.08 Å². The van der Waals surface area contributed by atoms with Crippen LogP contribution in [0.4, 0.5) is 5.95 Å². The van der Waals surface area contributed by atoms with Gasteiger partial charge in [0.05, 0.1) is 6.54 Å². The summed E-state index contributed by atoms with van der Waals surface area (Å²) in [4.78, 5) is 5.55. The molecule has 0 bridgehead atoms. The molecule has 3 nitrogen and oxygen atoms in total. The Morgan fingerprint density at radius 3 is 3.19 bits per heavy atom. The lowest BCUT2D eigenvalue weighted by Crippen LogP contribution is -2.07. The van der Waals surface area contributed by atoms with Gasteiger partial charge in [0.25, 0.3) is 0 Å². The van der Waals surface area contributed by atoms with Crippen LogP contribution in [0.5, 0.6) is 0 Å². The molecular weight excluding hydrogens is 286 g/mol. The highest BCUT2D eigenvalue weighted by atomic mass is 79.9. The first-order valence-electron chi connectivity index (χ1n) is 4.88. The third-order valence-corrected chi connectivity index (χ3v) is 3.75. The fraction of sp³-hybridized carbons (Fsp3) is 0.182. The molecule has 0 unspecified atom stereocenters. The van der Waals surface area contributed by atoms with E-state index in [0.717, 1.165) is 23.5 Å². The Bertz CT molecular complexity index is 475. The number of aromatic nitrogens is 2. The van der Waals surface area contributed by atoms with E-state index < -0.39 is 0 Å². The van der Waals surface area contributed by atoms with Crippen LogP contribution < -0.4 is 5.32 Å². The molecular formula is C11H12BrN3S. The van der Waals surface area contributed by atoms with Crippen molar-refractivity contribution in [3.63, 3.8) is 0 Å². The van der Waals surface area contributed by atoms with Crippen LogP contribution in [0.1, 0.15) is 4.88 Å². The van der Waals surface area contributed by atoms with Crippen molar-refractivity contribution in [3.05, 3.63) is 45.8 Å². The first-order valence-corrected chi connectivity index (χ1v) is 6.55. The van der Waals surface area contributed by atoms with Gasteiger partial charge in [-0.05, 0) is 22.0 Å². The van der Waals surface area contributed by atoms with Crippen LogP contribution in [0.3, 0.4) is 0 Å². The lowest BCUT2D eigenvalue weighted by atomic mass is 10.4. The Labute approximate surface area is 107 Å². The number of hydrogen-bond acceptors (Lipinski definition) is 3. The molecule has 16 heavy (non-hydrogen) atoms. The van der Waals surface area contributed by atoms with E-state index in [1.54, 1.807) is 17.5 Å². The summed E-state index contributed by atoms with van der Waals surface area (Å²) in [6.45, 7) is 5.24. The second-order valence-electron chi connectivity index (χ2n) is 3.28. The van der Waals surface area contributed by atoms with Gasteiger partial charge in [0.2, 0.25) is 5.95 Å². The lowest BCUT2D eigenvalue weighted by molar-refractivity contribution is 0.814. The summed E-state index contributed by atoms with van der Waals surface area (Å²) in [5.41, 5.74) is 0. The highest BCUT2D eigenvalue weighted by molar-refractivity contribution is 9.10. The molecule has 0 aromatic carbocycles. The van der Waals surface area contributed by atoms with Crippen molar-refractivity contribution >= 4 is 33.2 Å². The SMILES string of the molecule is C=CCNc1nccn1Cc1cc(Br)cs1. The fourth-order valence-corrected chi connectivity index (χ4v) is 2.82. The number of anilines is 1. The molecule has 0 spiro atoms. The number of imidazole rings is 1. The van der Waals surface area contributed by atoms with Gasteiger partial charge in [0, 0.05) is 33.7 Å². The normalized spacial score (nSPS) is 10.3. The molecule has 0 saturated heterocycles. The Kier molecular flexibility index (Phi) is 3.79. The lowest BCUT2D eigenvalue weighted by Gasteiger charge is -2.06. The molecule has 2 aromatic rings. The van der Waals surface area contributed by atoms with Gasteiger partial charge >= 0.3 is 0 Å². The standard InChI is InChI=1S/C11H12BrN3S/c1-2-3-13-11-14-4-5-15(11)7-10-6-9(12)8-16-10/h2,4-6,8H,1,3,7H2,(H,13,14). The summed E-state index contributed by atoms with van der Waals surface area (Å²) in [6.07, 6.45) is 5.59. The van der Waals surface area contributed by atoms with Crippen LogP contribution >= 0.6 is 27.3 Å². The van der Waals surface area contributed by atoms with Crippen molar-refractivity contribution in [1.29, 1.82) is 0 Å². The Hall–Kier alpha value is -1.07. The van der Waals surface area contributed by atoms with Crippen molar-refractivity contribution in [2.24, 2.45) is 0 Å². The molecule has 84 valence electrons. The Morgan fingerprint density at radius 2 is 2.50 bits per heavy atom. The molecule has 0 saturated carbocycles. The molecule has 2 rings (SSSR count). The molecule has 0 amide bonds. The number of thiophene rings is 1. The van der Waals surface area contributed by atoms with E-state index in [1.165, 1.54) is 4.88 Å². The van der Waals surface area contributed by atoms with Gasteiger partial charge in [0.1, 0.15) is 0 Å². The second kappa shape index (κ2) is 5.32. The molecule has 2 heterocycles. The number of nitrogens with one attached hydrogen (secondary N) is 1. The Balaban J connectivity index is 2.09. The van der Waals surface area contributed by atoms with Gasteiger partial charge in [0.15, 0.2) is 0 Å². The zero-order valence-corrected chi connectivity index (χ0v) is 11.1. The zero-order valence-electron chi connectivity index (χ0n) is 8.69. The number of nitrogens with zero attached hydrogens (tertiary/aromatic N) is 2. The van der Waals surface area contributed by atoms with Gasteiger partial charge in [-0.2, -0.15) is 0 Å². The molecule has 0 aliphatic carbocycles. The fourth-order valence-electron chi connectivity index (χ4n) is 1.37.